The number of para-hydroxylation sites is 2. The van der Waals surface area contributed by atoms with E-state index in [-0.39, 0.29) is 11.9 Å². The van der Waals surface area contributed by atoms with Crippen molar-refractivity contribution >= 4 is 33.8 Å². The molecule has 1 saturated heterocycles. The van der Waals surface area contributed by atoms with Crippen molar-refractivity contribution in [3.8, 4) is 17.1 Å². The van der Waals surface area contributed by atoms with E-state index in [0.29, 0.717) is 17.3 Å². The van der Waals surface area contributed by atoms with Crippen LogP contribution in [0.4, 0.5) is 4.39 Å². The van der Waals surface area contributed by atoms with Crippen LogP contribution in [0.3, 0.4) is 0 Å². The third kappa shape index (κ3) is 3.87. The molecule has 5 nitrogen and oxygen atoms in total. The molecular weight excluding hydrogens is 465 g/mol. The van der Waals surface area contributed by atoms with Gasteiger partial charge in [0.15, 0.2) is 5.82 Å². The molecule has 2 aromatic heterocycles. The van der Waals surface area contributed by atoms with Crippen LogP contribution in [-0.2, 0) is 6.67 Å². The van der Waals surface area contributed by atoms with Gasteiger partial charge >= 0.3 is 0 Å². The number of aromatic nitrogens is 4. The van der Waals surface area contributed by atoms with Gasteiger partial charge in [0.1, 0.15) is 10.8 Å². The number of thiazole rings is 1. The Kier molecular flexibility index (Phi) is 5.57. The normalized spacial score (nSPS) is 16.4. The second-order valence-electron chi connectivity index (χ2n) is 8.42. The summed E-state index contributed by atoms with van der Waals surface area (Å²) in [5.74, 6) is 0.427. The maximum Gasteiger partial charge on any atom is 0.204 e. The molecule has 1 aliphatic heterocycles. The average molecular weight is 488 g/mol. The molecule has 0 spiro atoms. The molecule has 0 amide bonds. The van der Waals surface area contributed by atoms with E-state index in [1.165, 1.54) is 16.8 Å². The molecule has 170 valence electrons. The largest absolute Gasteiger partial charge is 0.275 e. The van der Waals surface area contributed by atoms with E-state index < -0.39 is 0 Å². The number of nitrogens with zero attached hydrogens (tertiary/aromatic N) is 5. The van der Waals surface area contributed by atoms with E-state index in [9.17, 15) is 4.39 Å². The molecule has 8 heteroatoms. The van der Waals surface area contributed by atoms with Crippen molar-refractivity contribution in [1.82, 2.24) is 24.2 Å². The molecule has 3 heterocycles. The maximum atomic E-state index is 13.6. The molecule has 0 unspecified atom stereocenters. The first kappa shape index (κ1) is 21.3. The minimum atomic E-state index is -0.274. The lowest BCUT2D eigenvalue weighted by Crippen LogP contribution is -2.27. The Bertz CT molecular complexity index is 1470. The van der Waals surface area contributed by atoms with Crippen LogP contribution >= 0.6 is 23.6 Å². The highest BCUT2D eigenvalue weighted by Crippen LogP contribution is 2.37. The van der Waals surface area contributed by atoms with Crippen molar-refractivity contribution < 1.29 is 4.39 Å². The highest BCUT2D eigenvalue weighted by molar-refractivity contribution is 7.71. The number of likely N-dealkylation sites (tertiary alicyclic amines) is 1. The number of fused-ring (bicyclic) bond motifs is 1. The van der Waals surface area contributed by atoms with E-state index in [0.717, 1.165) is 41.2 Å². The zero-order chi connectivity index (χ0) is 23.1. The fourth-order valence-corrected chi connectivity index (χ4v) is 6.00. The van der Waals surface area contributed by atoms with Crippen LogP contribution in [0.2, 0.25) is 0 Å². The van der Waals surface area contributed by atoms with Gasteiger partial charge in [0.25, 0.3) is 0 Å². The Morgan fingerprint density at radius 1 is 0.971 bits per heavy atom. The van der Waals surface area contributed by atoms with Crippen molar-refractivity contribution in [1.29, 1.82) is 0 Å². The van der Waals surface area contributed by atoms with Gasteiger partial charge < -0.3 is 0 Å². The highest BCUT2D eigenvalue weighted by atomic mass is 32.1. The van der Waals surface area contributed by atoms with Gasteiger partial charge in [-0.25, -0.2) is 14.1 Å². The van der Waals surface area contributed by atoms with Crippen LogP contribution in [-0.4, -0.2) is 30.8 Å². The van der Waals surface area contributed by atoms with Crippen LogP contribution in [0.25, 0.3) is 27.3 Å². The zero-order valence-corrected chi connectivity index (χ0v) is 20.0. The fraction of sp³-hybridized carbons (Fsp3) is 0.192. The molecule has 3 aromatic carbocycles. The Morgan fingerprint density at radius 3 is 2.53 bits per heavy atom. The summed E-state index contributed by atoms with van der Waals surface area (Å²) in [5, 5.41) is 6.06. The lowest BCUT2D eigenvalue weighted by molar-refractivity contribution is 0.190. The monoisotopic (exact) mass is 487 g/mol. The van der Waals surface area contributed by atoms with Crippen LogP contribution < -0.4 is 0 Å². The van der Waals surface area contributed by atoms with Crippen LogP contribution in [0, 0.1) is 10.6 Å². The van der Waals surface area contributed by atoms with Gasteiger partial charge in [0.05, 0.1) is 22.9 Å². The van der Waals surface area contributed by atoms with Crippen molar-refractivity contribution in [3.05, 3.63) is 94.5 Å². The maximum absolute atomic E-state index is 13.6. The predicted molar refractivity (Wildman–Crippen MR) is 136 cm³/mol. The molecule has 34 heavy (non-hydrogen) atoms. The first-order valence-electron chi connectivity index (χ1n) is 11.3. The number of hydrogen-bond acceptors (Lipinski definition) is 5. The molecule has 0 aliphatic carbocycles. The molecular formula is C26H22FN5S2. The lowest BCUT2D eigenvalue weighted by Gasteiger charge is -2.22. The first-order chi connectivity index (χ1) is 16.7. The summed E-state index contributed by atoms with van der Waals surface area (Å²) in [6, 6.07) is 24.9. The standard InChI is InChI=1S/C26H22FN5S2/c27-19-14-12-18(13-15-19)24-29-31(26(33)32(24)20-7-2-1-3-8-20)17-30-16-6-10-22(30)25-28-21-9-4-5-11-23(21)34-25/h1-5,7-9,11-15,22H,6,10,16-17H2/t22-/m1/s1. The Labute approximate surface area is 205 Å². The van der Waals surface area contributed by atoms with Crippen molar-refractivity contribution in [2.45, 2.75) is 25.6 Å². The van der Waals surface area contributed by atoms with Gasteiger partial charge in [-0.2, -0.15) is 0 Å². The molecule has 0 N–H and O–H groups in total. The minimum Gasteiger partial charge on any atom is -0.275 e. The van der Waals surface area contributed by atoms with E-state index in [1.54, 1.807) is 23.5 Å². The number of halogens is 1. The van der Waals surface area contributed by atoms with Crippen molar-refractivity contribution in [2.75, 3.05) is 6.54 Å². The second kappa shape index (κ2) is 8.87. The Morgan fingerprint density at radius 2 is 1.74 bits per heavy atom. The number of rotatable bonds is 5. The summed E-state index contributed by atoms with van der Waals surface area (Å²) in [6.07, 6.45) is 2.18. The lowest BCUT2D eigenvalue weighted by atomic mass is 10.2. The van der Waals surface area contributed by atoms with Gasteiger partial charge in [0, 0.05) is 17.8 Å². The van der Waals surface area contributed by atoms with Crippen molar-refractivity contribution in [2.24, 2.45) is 0 Å². The van der Waals surface area contributed by atoms with Gasteiger partial charge in [-0.05, 0) is 73.6 Å². The van der Waals surface area contributed by atoms with E-state index >= 15 is 0 Å². The molecule has 1 atom stereocenters. The smallest absolute Gasteiger partial charge is 0.204 e. The summed E-state index contributed by atoms with van der Waals surface area (Å²) in [4.78, 5) is 7.32. The van der Waals surface area contributed by atoms with Gasteiger partial charge in [-0.15, -0.1) is 16.4 Å². The van der Waals surface area contributed by atoms with E-state index in [4.69, 9.17) is 22.3 Å². The van der Waals surface area contributed by atoms with Gasteiger partial charge in [-0.1, -0.05) is 30.3 Å². The highest BCUT2D eigenvalue weighted by Gasteiger charge is 2.30. The summed E-state index contributed by atoms with van der Waals surface area (Å²) in [6.45, 7) is 1.54. The molecule has 1 fully saturated rings. The Balaban J connectivity index is 1.39. The van der Waals surface area contributed by atoms with Crippen LogP contribution in [0.15, 0.2) is 78.9 Å². The topological polar surface area (TPSA) is 38.9 Å². The minimum absolute atomic E-state index is 0.246. The zero-order valence-electron chi connectivity index (χ0n) is 18.3. The summed E-state index contributed by atoms with van der Waals surface area (Å²) < 4.78 is 19.3. The quantitative estimate of drug-likeness (QED) is 0.261. The Hall–Kier alpha value is -3.20. The molecule has 0 bridgehead atoms. The molecule has 6 rings (SSSR count). The van der Waals surface area contributed by atoms with E-state index in [1.807, 2.05) is 45.6 Å². The number of hydrogen-bond donors (Lipinski definition) is 0. The van der Waals surface area contributed by atoms with Crippen LogP contribution in [0.5, 0.6) is 0 Å². The molecule has 1 aliphatic rings. The molecule has 0 saturated carbocycles. The first-order valence-corrected chi connectivity index (χ1v) is 12.5. The average Bonchev–Trinajstić information content (AvgIpc) is 3.58. The molecule has 5 aromatic rings. The van der Waals surface area contributed by atoms with Crippen LogP contribution in [0.1, 0.15) is 23.9 Å². The second-order valence-corrected chi connectivity index (χ2v) is 9.84. The predicted octanol–water partition coefficient (Wildman–Crippen LogP) is 6.61. The van der Waals surface area contributed by atoms with Gasteiger partial charge in [0.2, 0.25) is 4.77 Å². The summed E-state index contributed by atoms with van der Waals surface area (Å²) in [5.41, 5.74) is 2.80. The third-order valence-electron chi connectivity index (χ3n) is 6.23. The third-order valence-corrected chi connectivity index (χ3v) is 7.76. The molecule has 0 radical (unpaired) electrons. The fourth-order valence-electron chi connectivity index (χ4n) is 4.58. The summed E-state index contributed by atoms with van der Waals surface area (Å²) in [7, 11) is 0. The summed E-state index contributed by atoms with van der Waals surface area (Å²) >= 11 is 7.68. The number of benzene rings is 3. The van der Waals surface area contributed by atoms with E-state index in [2.05, 4.69) is 23.1 Å². The van der Waals surface area contributed by atoms with Gasteiger partial charge in [-0.3, -0.25) is 9.47 Å². The van der Waals surface area contributed by atoms with Crippen molar-refractivity contribution in [3.63, 3.8) is 0 Å². The SMILES string of the molecule is Fc1ccc(-c2nn(CN3CCC[C@@H]3c3nc4ccccc4s3)c(=S)n2-c2ccccc2)cc1.